The van der Waals surface area contributed by atoms with Crippen LogP contribution in [-0.2, 0) is 0 Å². The van der Waals surface area contributed by atoms with Crippen LogP contribution in [0.4, 0.5) is 5.82 Å². The van der Waals surface area contributed by atoms with E-state index in [0.29, 0.717) is 11.8 Å². The van der Waals surface area contributed by atoms with Crippen LogP contribution in [0.2, 0.25) is 0 Å². The number of aromatic nitrogens is 2. The van der Waals surface area contributed by atoms with E-state index in [2.05, 4.69) is 32.6 Å². The van der Waals surface area contributed by atoms with E-state index in [9.17, 15) is 0 Å². The lowest BCUT2D eigenvalue weighted by atomic mass is 10.1. The Kier molecular flexibility index (Phi) is 5.53. The van der Waals surface area contributed by atoms with Crippen molar-refractivity contribution >= 4 is 17.6 Å². The Morgan fingerprint density at radius 3 is 2.43 bits per heavy atom. The molecule has 1 unspecified atom stereocenters. The van der Waals surface area contributed by atoms with Crippen molar-refractivity contribution in [3.8, 4) is 0 Å². The first-order valence-corrected chi connectivity index (χ1v) is 9.27. The molecule has 2 aliphatic rings. The van der Waals surface area contributed by atoms with Crippen LogP contribution in [0.15, 0.2) is 4.90 Å². The van der Waals surface area contributed by atoms with E-state index < -0.39 is 0 Å². The molecule has 118 valence electrons. The molecule has 3 rings (SSSR count). The standard InChI is InChI=1S/C15H23N3S.C2H6/c1-9(2)12-13-15(17-14(16-12)10(3)4)18-7-5-6-11(8-18)19-13;1-2/h9-11H,5-8H2,1-4H3;1-2H3. The Labute approximate surface area is 133 Å². The molecule has 3 nitrogen and oxygen atoms in total. The molecule has 0 saturated carbocycles. The minimum atomic E-state index is 0.398. The summed E-state index contributed by atoms with van der Waals surface area (Å²) in [7, 11) is 0. The van der Waals surface area contributed by atoms with Gasteiger partial charge in [0.25, 0.3) is 0 Å². The zero-order valence-corrected chi connectivity index (χ0v) is 15.1. The van der Waals surface area contributed by atoms with Gasteiger partial charge in [0, 0.05) is 24.3 Å². The SMILES string of the molecule is CC.CC(C)c1nc(C(C)C)c2c(n1)N1CCCC(C1)S2. The monoisotopic (exact) mass is 307 g/mol. The lowest BCUT2D eigenvalue weighted by Gasteiger charge is -2.40. The predicted octanol–water partition coefficient (Wildman–Crippen LogP) is 4.82. The molecule has 0 amide bonds. The topological polar surface area (TPSA) is 29.0 Å². The average Bonchev–Trinajstić information content (AvgIpc) is 2.48. The number of anilines is 1. The Morgan fingerprint density at radius 1 is 1.10 bits per heavy atom. The summed E-state index contributed by atoms with van der Waals surface area (Å²) in [6.45, 7) is 15.2. The van der Waals surface area contributed by atoms with E-state index >= 15 is 0 Å². The zero-order chi connectivity index (χ0) is 15.6. The molecule has 1 atom stereocenters. The van der Waals surface area contributed by atoms with Gasteiger partial charge < -0.3 is 4.90 Å². The van der Waals surface area contributed by atoms with E-state index in [1.165, 1.54) is 35.8 Å². The largest absolute Gasteiger partial charge is 0.354 e. The second kappa shape index (κ2) is 6.99. The zero-order valence-electron chi connectivity index (χ0n) is 14.3. The second-order valence-corrected chi connectivity index (χ2v) is 7.57. The molecule has 1 saturated heterocycles. The Balaban J connectivity index is 0.000000774. The first kappa shape index (κ1) is 16.6. The normalized spacial score (nSPS) is 20.2. The van der Waals surface area contributed by atoms with Crippen molar-refractivity contribution < 1.29 is 0 Å². The second-order valence-electron chi connectivity index (χ2n) is 6.26. The first-order valence-electron chi connectivity index (χ1n) is 8.39. The van der Waals surface area contributed by atoms with Crippen LogP contribution in [0.1, 0.15) is 77.7 Å². The maximum Gasteiger partial charge on any atom is 0.146 e. The summed E-state index contributed by atoms with van der Waals surface area (Å²) in [4.78, 5) is 13.6. The lowest BCUT2D eigenvalue weighted by Crippen LogP contribution is -2.41. The van der Waals surface area contributed by atoms with Gasteiger partial charge in [0.2, 0.25) is 0 Å². The summed E-state index contributed by atoms with van der Waals surface area (Å²) < 4.78 is 0. The molecule has 21 heavy (non-hydrogen) atoms. The van der Waals surface area contributed by atoms with E-state index in [4.69, 9.17) is 9.97 Å². The fourth-order valence-corrected chi connectivity index (χ4v) is 4.40. The number of nitrogens with zero attached hydrogens (tertiary/aromatic N) is 3. The van der Waals surface area contributed by atoms with Crippen LogP contribution in [-0.4, -0.2) is 28.3 Å². The maximum absolute atomic E-state index is 4.87. The summed E-state index contributed by atoms with van der Waals surface area (Å²) in [5, 5.41) is 0.743. The predicted molar refractivity (Wildman–Crippen MR) is 92.7 cm³/mol. The van der Waals surface area contributed by atoms with E-state index in [1.54, 1.807) is 0 Å². The number of piperidine rings is 1. The van der Waals surface area contributed by atoms with Crippen LogP contribution >= 0.6 is 11.8 Å². The summed E-state index contributed by atoms with van der Waals surface area (Å²) in [5.74, 6) is 3.09. The van der Waals surface area contributed by atoms with Gasteiger partial charge in [0.05, 0.1) is 10.6 Å². The quantitative estimate of drug-likeness (QED) is 0.783. The maximum atomic E-state index is 4.87. The van der Waals surface area contributed by atoms with Gasteiger partial charge in [-0.1, -0.05) is 41.5 Å². The Hall–Kier alpha value is -0.770. The summed E-state index contributed by atoms with van der Waals surface area (Å²) in [6, 6.07) is 0. The van der Waals surface area contributed by atoms with Crippen LogP contribution < -0.4 is 4.90 Å². The average molecular weight is 308 g/mol. The van der Waals surface area contributed by atoms with Crippen molar-refractivity contribution in [2.45, 2.75) is 76.4 Å². The molecule has 3 heterocycles. The molecule has 1 fully saturated rings. The molecular formula is C17H29N3S. The van der Waals surface area contributed by atoms with Crippen molar-refractivity contribution in [2.75, 3.05) is 18.0 Å². The van der Waals surface area contributed by atoms with Crippen LogP contribution in [0.3, 0.4) is 0 Å². The van der Waals surface area contributed by atoms with Crippen LogP contribution in [0.25, 0.3) is 0 Å². The molecule has 2 bridgehead atoms. The molecule has 1 aromatic heterocycles. The Bertz CT molecular complexity index is 485. The van der Waals surface area contributed by atoms with Gasteiger partial charge in [-0.2, -0.15) is 0 Å². The van der Waals surface area contributed by atoms with Gasteiger partial charge in [0.15, 0.2) is 0 Å². The highest BCUT2D eigenvalue weighted by Crippen LogP contribution is 2.44. The highest BCUT2D eigenvalue weighted by molar-refractivity contribution is 8.00. The minimum absolute atomic E-state index is 0.398. The Morgan fingerprint density at radius 2 is 1.81 bits per heavy atom. The van der Waals surface area contributed by atoms with Gasteiger partial charge in [-0.05, 0) is 18.8 Å². The van der Waals surface area contributed by atoms with Gasteiger partial charge in [-0.25, -0.2) is 9.97 Å². The molecule has 0 N–H and O–H groups in total. The minimum Gasteiger partial charge on any atom is -0.354 e. The lowest BCUT2D eigenvalue weighted by molar-refractivity contribution is 0.564. The molecule has 0 aromatic carbocycles. The van der Waals surface area contributed by atoms with Crippen LogP contribution in [0, 0.1) is 0 Å². The van der Waals surface area contributed by atoms with Crippen molar-refractivity contribution in [2.24, 2.45) is 0 Å². The van der Waals surface area contributed by atoms with Crippen molar-refractivity contribution in [1.29, 1.82) is 0 Å². The summed E-state index contributed by atoms with van der Waals surface area (Å²) in [6.07, 6.45) is 2.64. The summed E-state index contributed by atoms with van der Waals surface area (Å²) >= 11 is 2.02. The number of hydrogen-bond donors (Lipinski definition) is 0. The third-order valence-electron chi connectivity index (χ3n) is 3.92. The molecular weight excluding hydrogens is 278 g/mol. The molecule has 4 heteroatoms. The molecule has 0 spiro atoms. The first-order chi connectivity index (χ1) is 10.1. The van der Waals surface area contributed by atoms with E-state index in [0.717, 1.165) is 17.6 Å². The fourth-order valence-electron chi connectivity index (χ4n) is 2.84. The third kappa shape index (κ3) is 3.36. The van der Waals surface area contributed by atoms with E-state index in [-0.39, 0.29) is 0 Å². The van der Waals surface area contributed by atoms with Crippen molar-refractivity contribution in [3.05, 3.63) is 11.5 Å². The highest BCUT2D eigenvalue weighted by Gasteiger charge is 2.33. The van der Waals surface area contributed by atoms with Crippen molar-refractivity contribution in [3.63, 3.8) is 0 Å². The number of rotatable bonds is 2. The molecule has 0 aliphatic carbocycles. The summed E-state index contributed by atoms with van der Waals surface area (Å²) in [5.41, 5.74) is 1.26. The van der Waals surface area contributed by atoms with Gasteiger partial charge in [0.1, 0.15) is 11.6 Å². The third-order valence-corrected chi connectivity index (χ3v) is 5.26. The number of fused-ring (bicyclic) bond motifs is 4. The van der Waals surface area contributed by atoms with Crippen LogP contribution in [0.5, 0.6) is 0 Å². The highest BCUT2D eigenvalue weighted by atomic mass is 32.2. The molecule has 1 aromatic rings. The van der Waals surface area contributed by atoms with Gasteiger partial charge >= 0.3 is 0 Å². The number of thioether (sulfide) groups is 1. The number of hydrogen-bond acceptors (Lipinski definition) is 4. The smallest absolute Gasteiger partial charge is 0.146 e. The fraction of sp³-hybridized carbons (Fsp3) is 0.765. The van der Waals surface area contributed by atoms with E-state index in [1.807, 2.05) is 25.6 Å². The van der Waals surface area contributed by atoms with Gasteiger partial charge in [-0.15, -0.1) is 11.8 Å². The molecule has 0 radical (unpaired) electrons. The molecule has 2 aliphatic heterocycles. The van der Waals surface area contributed by atoms with Gasteiger partial charge in [-0.3, -0.25) is 0 Å². The van der Waals surface area contributed by atoms with Crippen molar-refractivity contribution in [1.82, 2.24) is 9.97 Å².